The molecule has 0 bridgehead atoms. The number of ether oxygens (including phenoxy) is 1. The van der Waals surface area contributed by atoms with Gasteiger partial charge in [0.25, 0.3) is 5.91 Å². The lowest BCUT2D eigenvalue weighted by Crippen LogP contribution is -2.12. The van der Waals surface area contributed by atoms with Gasteiger partial charge in [-0.2, -0.15) is 0 Å². The van der Waals surface area contributed by atoms with Crippen LogP contribution in [0.2, 0.25) is 0 Å². The van der Waals surface area contributed by atoms with E-state index in [0.29, 0.717) is 12.2 Å². The first-order valence-corrected chi connectivity index (χ1v) is 8.57. The van der Waals surface area contributed by atoms with E-state index in [0.717, 1.165) is 38.8 Å². The summed E-state index contributed by atoms with van der Waals surface area (Å²) < 4.78 is 6.58. The van der Waals surface area contributed by atoms with E-state index in [1.807, 2.05) is 49.3 Å². The molecule has 0 saturated heterocycles. The van der Waals surface area contributed by atoms with E-state index >= 15 is 0 Å². The van der Waals surface area contributed by atoms with E-state index in [1.54, 1.807) is 17.4 Å². The van der Waals surface area contributed by atoms with Crippen LogP contribution in [0.3, 0.4) is 0 Å². The van der Waals surface area contributed by atoms with Crippen LogP contribution in [0.4, 0.5) is 10.8 Å². The summed E-state index contributed by atoms with van der Waals surface area (Å²) in [4.78, 5) is 19.0. The Labute approximate surface area is 143 Å². The van der Waals surface area contributed by atoms with Gasteiger partial charge in [-0.25, -0.2) is 4.98 Å². The predicted molar refractivity (Wildman–Crippen MR) is 97.5 cm³/mol. The fourth-order valence-corrected chi connectivity index (χ4v) is 3.58. The average molecular weight is 339 g/mol. The van der Waals surface area contributed by atoms with Gasteiger partial charge in [-0.1, -0.05) is 11.3 Å². The first kappa shape index (κ1) is 15.0. The number of thiazole rings is 1. The third-order valence-electron chi connectivity index (χ3n) is 3.97. The molecule has 24 heavy (non-hydrogen) atoms. The third-order valence-corrected chi connectivity index (χ3v) is 5.17. The second-order valence-corrected chi connectivity index (χ2v) is 6.96. The van der Waals surface area contributed by atoms with Gasteiger partial charge in [-0.15, -0.1) is 0 Å². The number of benzene rings is 2. The molecule has 5 nitrogen and oxygen atoms in total. The smallest absolute Gasteiger partial charge is 0.255 e. The number of hydrogen-bond acceptors (Lipinski definition) is 5. The summed E-state index contributed by atoms with van der Waals surface area (Å²) in [6.07, 6.45) is 0.856. The SMILES string of the molecule is CN(C)c1nc2cc(NC(=O)c3ccc4c(c3)CCO4)ccc2s1. The summed E-state index contributed by atoms with van der Waals surface area (Å²) >= 11 is 1.63. The average Bonchev–Trinajstić information content (AvgIpc) is 3.20. The van der Waals surface area contributed by atoms with Crippen LogP contribution < -0.4 is 15.0 Å². The standard InChI is InChI=1S/C18H17N3O2S/c1-21(2)18-20-14-10-13(4-6-16(14)24-18)19-17(22)12-3-5-15-11(9-12)7-8-23-15/h3-6,9-10H,7-8H2,1-2H3,(H,19,22). The molecule has 0 radical (unpaired) electrons. The topological polar surface area (TPSA) is 54.5 Å². The fraction of sp³-hybridized carbons (Fsp3) is 0.222. The molecule has 0 unspecified atom stereocenters. The summed E-state index contributed by atoms with van der Waals surface area (Å²) in [5.74, 6) is 0.763. The second-order valence-electron chi connectivity index (χ2n) is 5.95. The van der Waals surface area contributed by atoms with Crippen molar-refractivity contribution >= 4 is 38.3 Å². The third kappa shape index (κ3) is 2.69. The molecule has 1 aliphatic heterocycles. The molecule has 6 heteroatoms. The van der Waals surface area contributed by atoms with Crippen LogP contribution in [0.15, 0.2) is 36.4 Å². The van der Waals surface area contributed by atoms with Crippen molar-refractivity contribution in [3.05, 3.63) is 47.5 Å². The molecule has 1 N–H and O–H groups in total. The molecule has 3 aromatic rings. The zero-order valence-electron chi connectivity index (χ0n) is 13.5. The maximum Gasteiger partial charge on any atom is 0.255 e. The van der Waals surface area contributed by atoms with Gasteiger partial charge in [0.1, 0.15) is 5.75 Å². The Hall–Kier alpha value is -2.60. The summed E-state index contributed by atoms with van der Waals surface area (Å²) in [6.45, 7) is 0.690. The number of carbonyl (C=O) groups is 1. The fourth-order valence-electron chi connectivity index (χ4n) is 2.72. The first-order chi connectivity index (χ1) is 11.6. The highest BCUT2D eigenvalue weighted by Crippen LogP contribution is 2.30. The highest BCUT2D eigenvalue weighted by atomic mass is 32.1. The number of nitrogens with zero attached hydrogens (tertiary/aromatic N) is 2. The van der Waals surface area contributed by atoms with E-state index < -0.39 is 0 Å². The van der Waals surface area contributed by atoms with Crippen molar-refractivity contribution in [2.24, 2.45) is 0 Å². The number of amides is 1. The Morgan fingerprint density at radius 1 is 1.25 bits per heavy atom. The lowest BCUT2D eigenvalue weighted by molar-refractivity contribution is 0.102. The molecule has 0 aliphatic carbocycles. The minimum Gasteiger partial charge on any atom is -0.493 e. The van der Waals surface area contributed by atoms with Gasteiger partial charge in [-0.3, -0.25) is 4.79 Å². The highest BCUT2D eigenvalue weighted by Gasteiger charge is 2.15. The molecule has 1 aromatic heterocycles. The number of aromatic nitrogens is 1. The number of anilines is 2. The zero-order valence-corrected chi connectivity index (χ0v) is 14.3. The molecule has 4 rings (SSSR count). The quantitative estimate of drug-likeness (QED) is 0.793. The van der Waals surface area contributed by atoms with Crippen LogP contribution in [0, 0.1) is 0 Å². The molecule has 1 aliphatic rings. The minimum atomic E-state index is -0.118. The zero-order chi connectivity index (χ0) is 16.7. The van der Waals surface area contributed by atoms with E-state index in [9.17, 15) is 4.79 Å². The van der Waals surface area contributed by atoms with E-state index in [4.69, 9.17) is 4.74 Å². The number of nitrogens with one attached hydrogen (secondary N) is 1. The van der Waals surface area contributed by atoms with Crippen molar-refractivity contribution in [3.8, 4) is 5.75 Å². The van der Waals surface area contributed by atoms with E-state index in [-0.39, 0.29) is 5.91 Å². The van der Waals surface area contributed by atoms with Crippen molar-refractivity contribution in [1.82, 2.24) is 4.98 Å². The Kier molecular flexibility index (Phi) is 3.61. The minimum absolute atomic E-state index is 0.118. The summed E-state index contributed by atoms with van der Waals surface area (Å²) in [6, 6.07) is 11.4. The summed E-state index contributed by atoms with van der Waals surface area (Å²) in [5.41, 5.74) is 3.38. The van der Waals surface area contributed by atoms with Gasteiger partial charge >= 0.3 is 0 Å². The first-order valence-electron chi connectivity index (χ1n) is 7.75. The molecular formula is C18H17N3O2S. The summed E-state index contributed by atoms with van der Waals surface area (Å²) in [7, 11) is 3.94. The van der Waals surface area contributed by atoms with Crippen molar-refractivity contribution in [2.75, 3.05) is 30.9 Å². The Morgan fingerprint density at radius 2 is 2.12 bits per heavy atom. The van der Waals surface area contributed by atoms with E-state index in [2.05, 4.69) is 10.3 Å². The largest absolute Gasteiger partial charge is 0.493 e. The molecular weight excluding hydrogens is 322 g/mol. The summed E-state index contributed by atoms with van der Waals surface area (Å²) in [5, 5.41) is 3.90. The lowest BCUT2D eigenvalue weighted by atomic mass is 10.1. The maximum atomic E-state index is 12.5. The highest BCUT2D eigenvalue weighted by molar-refractivity contribution is 7.22. The van der Waals surface area contributed by atoms with E-state index in [1.165, 1.54) is 0 Å². The van der Waals surface area contributed by atoms with Crippen LogP contribution in [0.25, 0.3) is 10.2 Å². The van der Waals surface area contributed by atoms with Crippen molar-refractivity contribution in [1.29, 1.82) is 0 Å². The normalized spacial score (nSPS) is 12.8. The van der Waals surface area contributed by atoms with Crippen molar-refractivity contribution < 1.29 is 9.53 Å². The molecule has 0 atom stereocenters. The van der Waals surface area contributed by atoms with Crippen molar-refractivity contribution in [3.63, 3.8) is 0 Å². The second kappa shape index (κ2) is 5.79. The Bertz CT molecular complexity index is 933. The molecule has 0 saturated carbocycles. The Morgan fingerprint density at radius 3 is 2.96 bits per heavy atom. The van der Waals surface area contributed by atoms with Gasteiger partial charge in [0, 0.05) is 31.8 Å². The molecule has 0 spiro atoms. The molecule has 0 fully saturated rings. The van der Waals surface area contributed by atoms with Gasteiger partial charge in [-0.05, 0) is 42.0 Å². The van der Waals surface area contributed by atoms with Crippen LogP contribution >= 0.6 is 11.3 Å². The van der Waals surface area contributed by atoms with Crippen LogP contribution in [-0.2, 0) is 6.42 Å². The van der Waals surface area contributed by atoms with Gasteiger partial charge in [0.05, 0.1) is 16.8 Å². The molecule has 2 heterocycles. The van der Waals surface area contributed by atoms with Crippen LogP contribution in [-0.4, -0.2) is 31.6 Å². The predicted octanol–water partition coefficient (Wildman–Crippen LogP) is 3.55. The van der Waals surface area contributed by atoms with Gasteiger partial charge < -0.3 is 15.0 Å². The van der Waals surface area contributed by atoms with Crippen LogP contribution in [0.5, 0.6) is 5.75 Å². The number of rotatable bonds is 3. The number of fused-ring (bicyclic) bond motifs is 2. The number of hydrogen-bond donors (Lipinski definition) is 1. The maximum absolute atomic E-state index is 12.5. The van der Waals surface area contributed by atoms with Crippen LogP contribution in [0.1, 0.15) is 15.9 Å². The van der Waals surface area contributed by atoms with Crippen molar-refractivity contribution in [2.45, 2.75) is 6.42 Å². The monoisotopic (exact) mass is 339 g/mol. The number of carbonyl (C=O) groups excluding carboxylic acids is 1. The van der Waals surface area contributed by atoms with Gasteiger partial charge in [0.2, 0.25) is 0 Å². The van der Waals surface area contributed by atoms with Gasteiger partial charge in [0.15, 0.2) is 5.13 Å². The molecule has 2 aromatic carbocycles. The Balaban J connectivity index is 1.58. The molecule has 122 valence electrons. The molecule has 1 amide bonds. The lowest BCUT2D eigenvalue weighted by Gasteiger charge is -2.06.